The van der Waals surface area contributed by atoms with E-state index < -0.39 is 0 Å². The first-order valence-electron chi connectivity index (χ1n) is 6.53. The number of ether oxygens (including phenoxy) is 1. The van der Waals surface area contributed by atoms with Crippen molar-refractivity contribution < 1.29 is 4.74 Å². The van der Waals surface area contributed by atoms with Gasteiger partial charge in [-0.1, -0.05) is 17.7 Å². The van der Waals surface area contributed by atoms with Gasteiger partial charge in [-0.3, -0.25) is 4.79 Å². The van der Waals surface area contributed by atoms with Crippen LogP contribution in [0.4, 0.5) is 5.95 Å². The van der Waals surface area contributed by atoms with Crippen LogP contribution in [0.2, 0.25) is 0 Å². The van der Waals surface area contributed by atoms with E-state index in [0.29, 0.717) is 22.3 Å². The van der Waals surface area contributed by atoms with Crippen molar-refractivity contribution in [1.82, 2.24) is 9.55 Å². The Hall–Kier alpha value is -2.82. The maximum atomic E-state index is 12.7. The molecule has 21 heavy (non-hydrogen) atoms. The topological polar surface area (TPSA) is 70.1 Å². The van der Waals surface area contributed by atoms with E-state index in [1.807, 2.05) is 25.1 Å². The lowest BCUT2D eigenvalue weighted by molar-refractivity contribution is 0.414. The molecule has 0 aliphatic heterocycles. The van der Waals surface area contributed by atoms with Crippen LogP contribution in [0.25, 0.3) is 16.6 Å². The number of nitrogens with zero attached hydrogens (tertiary/aromatic N) is 2. The molecule has 0 aliphatic rings. The van der Waals surface area contributed by atoms with Crippen LogP contribution in [0.3, 0.4) is 0 Å². The minimum atomic E-state index is -0.186. The third-order valence-corrected chi connectivity index (χ3v) is 3.36. The molecule has 0 bridgehead atoms. The molecule has 0 atom stereocenters. The van der Waals surface area contributed by atoms with Crippen molar-refractivity contribution in [3.05, 3.63) is 58.4 Å². The Balaban J connectivity index is 2.34. The molecule has 0 spiro atoms. The van der Waals surface area contributed by atoms with Gasteiger partial charge in [0.25, 0.3) is 5.56 Å². The quantitative estimate of drug-likeness (QED) is 0.782. The van der Waals surface area contributed by atoms with Gasteiger partial charge in [0.1, 0.15) is 5.75 Å². The summed E-state index contributed by atoms with van der Waals surface area (Å²) in [6.45, 7) is 1.94. The van der Waals surface area contributed by atoms with Gasteiger partial charge in [-0.25, -0.2) is 9.55 Å². The maximum absolute atomic E-state index is 12.7. The lowest BCUT2D eigenvalue weighted by Crippen LogP contribution is -2.23. The Bertz CT molecular complexity index is 884. The van der Waals surface area contributed by atoms with Gasteiger partial charge in [-0.05, 0) is 31.2 Å². The third-order valence-electron chi connectivity index (χ3n) is 3.36. The fourth-order valence-electron chi connectivity index (χ4n) is 2.32. The molecule has 0 radical (unpaired) electrons. The highest BCUT2D eigenvalue weighted by atomic mass is 16.5. The molecule has 0 aliphatic carbocycles. The molecule has 3 aromatic rings. The summed E-state index contributed by atoms with van der Waals surface area (Å²) in [5.41, 5.74) is 8.01. The summed E-state index contributed by atoms with van der Waals surface area (Å²) in [7, 11) is 1.58. The summed E-state index contributed by atoms with van der Waals surface area (Å²) in [5.74, 6) is 0.813. The first-order valence-corrected chi connectivity index (χ1v) is 6.53. The van der Waals surface area contributed by atoms with Gasteiger partial charge in [-0.2, -0.15) is 0 Å². The lowest BCUT2D eigenvalue weighted by atomic mass is 10.1. The van der Waals surface area contributed by atoms with Gasteiger partial charge < -0.3 is 10.5 Å². The van der Waals surface area contributed by atoms with Gasteiger partial charge in [0, 0.05) is 6.07 Å². The van der Waals surface area contributed by atoms with E-state index in [0.717, 1.165) is 5.56 Å². The summed E-state index contributed by atoms with van der Waals surface area (Å²) in [4.78, 5) is 17.0. The second kappa shape index (κ2) is 4.94. The number of benzene rings is 2. The predicted octanol–water partition coefficient (Wildman–Crippen LogP) is 2.28. The summed E-state index contributed by atoms with van der Waals surface area (Å²) in [6.07, 6.45) is 0. The Labute approximate surface area is 121 Å². The molecule has 5 nitrogen and oxygen atoms in total. The van der Waals surface area contributed by atoms with Crippen LogP contribution in [0.1, 0.15) is 5.56 Å². The predicted molar refractivity (Wildman–Crippen MR) is 83.0 cm³/mol. The smallest absolute Gasteiger partial charge is 0.267 e. The molecule has 0 saturated carbocycles. The average Bonchev–Trinajstić information content (AvgIpc) is 2.48. The number of fused-ring (bicyclic) bond motifs is 1. The van der Waals surface area contributed by atoms with Crippen molar-refractivity contribution in [2.45, 2.75) is 6.92 Å². The molecule has 3 rings (SSSR count). The van der Waals surface area contributed by atoms with E-state index in [2.05, 4.69) is 4.98 Å². The van der Waals surface area contributed by atoms with Gasteiger partial charge in [0.05, 0.1) is 23.7 Å². The second-order valence-corrected chi connectivity index (χ2v) is 4.83. The number of hydrogen-bond acceptors (Lipinski definition) is 4. The largest absolute Gasteiger partial charge is 0.497 e. The Kier molecular flexibility index (Phi) is 3.10. The number of nitrogen functional groups attached to an aromatic ring is 1. The van der Waals surface area contributed by atoms with Crippen LogP contribution in [-0.2, 0) is 0 Å². The molecule has 0 unspecified atom stereocenters. The molecule has 1 aromatic heterocycles. The van der Waals surface area contributed by atoms with Crippen molar-refractivity contribution in [2.24, 2.45) is 0 Å². The molecule has 5 heteroatoms. The third kappa shape index (κ3) is 2.23. The van der Waals surface area contributed by atoms with E-state index in [1.54, 1.807) is 31.4 Å². The SMILES string of the molecule is COc1cccc(-n2c(N)nc3ccc(C)cc3c2=O)c1. The van der Waals surface area contributed by atoms with Crippen molar-refractivity contribution >= 4 is 16.9 Å². The van der Waals surface area contributed by atoms with Gasteiger partial charge in [-0.15, -0.1) is 0 Å². The van der Waals surface area contributed by atoms with Gasteiger partial charge in [0.2, 0.25) is 5.95 Å². The van der Waals surface area contributed by atoms with E-state index in [9.17, 15) is 4.79 Å². The zero-order valence-corrected chi connectivity index (χ0v) is 11.8. The monoisotopic (exact) mass is 281 g/mol. The Morgan fingerprint density at radius 2 is 2.00 bits per heavy atom. The Morgan fingerprint density at radius 3 is 2.76 bits per heavy atom. The van der Waals surface area contributed by atoms with Crippen molar-refractivity contribution in [3.63, 3.8) is 0 Å². The molecular weight excluding hydrogens is 266 g/mol. The summed E-state index contributed by atoms with van der Waals surface area (Å²) < 4.78 is 6.58. The number of nitrogens with two attached hydrogens (primary N) is 1. The molecular formula is C16H15N3O2. The van der Waals surface area contributed by atoms with Crippen molar-refractivity contribution in [2.75, 3.05) is 12.8 Å². The van der Waals surface area contributed by atoms with E-state index in [-0.39, 0.29) is 11.5 Å². The minimum absolute atomic E-state index is 0.157. The molecule has 0 fully saturated rings. The van der Waals surface area contributed by atoms with Crippen LogP contribution >= 0.6 is 0 Å². The average molecular weight is 281 g/mol. The molecule has 2 N–H and O–H groups in total. The van der Waals surface area contributed by atoms with Crippen molar-refractivity contribution in [3.8, 4) is 11.4 Å². The standard InChI is InChI=1S/C16H15N3O2/c1-10-6-7-14-13(8-10)15(20)19(16(17)18-14)11-4-3-5-12(9-11)21-2/h3-9H,1-2H3,(H2,17,18). The number of hydrogen-bond donors (Lipinski definition) is 1. The summed E-state index contributed by atoms with van der Waals surface area (Å²) >= 11 is 0. The van der Waals surface area contributed by atoms with Crippen LogP contribution in [0.5, 0.6) is 5.75 Å². The first-order chi connectivity index (χ1) is 10.1. The fraction of sp³-hybridized carbons (Fsp3) is 0.125. The highest BCUT2D eigenvalue weighted by molar-refractivity contribution is 5.79. The first kappa shape index (κ1) is 13.2. The zero-order valence-electron chi connectivity index (χ0n) is 11.8. The van der Waals surface area contributed by atoms with E-state index in [4.69, 9.17) is 10.5 Å². The summed E-state index contributed by atoms with van der Waals surface area (Å²) in [6, 6.07) is 12.7. The van der Waals surface area contributed by atoms with Crippen LogP contribution in [0, 0.1) is 6.92 Å². The lowest BCUT2D eigenvalue weighted by Gasteiger charge is -2.11. The van der Waals surface area contributed by atoms with Crippen molar-refractivity contribution in [1.29, 1.82) is 0 Å². The van der Waals surface area contributed by atoms with E-state index >= 15 is 0 Å². The molecule has 106 valence electrons. The minimum Gasteiger partial charge on any atom is -0.497 e. The number of rotatable bonds is 2. The second-order valence-electron chi connectivity index (χ2n) is 4.83. The van der Waals surface area contributed by atoms with Crippen LogP contribution in [-0.4, -0.2) is 16.7 Å². The van der Waals surface area contributed by atoms with Crippen LogP contribution in [0.15, 0.2) is 47.3 Å². The molecule has 2 aromatic carbocycles. The van der Waals surface area contributed by atoms with Gasteiger partial charge >= 0.3 is 0 Å². The number of aryl methyl sites for hydroxylation is 1. The van der Waals surface area contributed by atoms with Crippen LogP contribution < -0.4 is 16.0 Å². The normalized spacial score (nSPS) is 10.8. The highest BCUT2D eigenvalue weighted by Gasteiger charge is 2.11. The number of aromatic nitrogens is 2. The molecule has 0 saturated heterocycles. The molecule has 1 heterocycles. The van der Waals surface area contributed by atoms with E-state index in [1.165, 1.54) is 4.57 Å². The number of anilines is 1. The highest BCUT2D eigenvalue weighted by Crippen LogP contribution is 2.19. The van der Waals surface area contributed by atoms with Gasteiger partial charge in [0.15, 0.2) is 0 Å². The summed E-state index contributed by atoms with van der Waals surface area (Å²) in [5, 5.41) is 0.548. The number of methoxy groups -OCH3 is 1. The zero-order chi connectivity index (χ0) is 15.0. The fourth-order valence-corrected chi connectivity index (χ4v) is 2.32. The Morgan fingerprint density at radius 1 is 1.19 bits per heavy atom. The maximum Gasteiger partial charge on any atom is 0.267 e. The molecule has 0 amide bonds.